The average molecular weight is 240 g/mol. The predicted octanol–water partition coefficient (Wildman–Crippen LogP) is 2.50. The lowest BCUT2D eigenvalue weighted by atomic mass is 10.2. The van der Waals surface area contributed by atoms with Crippen LogP contribution in [0.15, 0.2) is 29.1 Å². The fourth-order valence-electron chi connectivity index (χ4n) is 0.975. The van der Waals surface area contributed by atoms with Gasteiger partial charge in [0.25, 0.3) is 0 Å². The molecule has 0 saturated carbocycles. The summed E-state index contributed by atoms with van der Waals surface area (Å²) >= 11 is 0. The van der Waals surface area contributed by atoms with Gasteiger partial charge < -0.3 is 9.47 Å². The molecule has 0 N–H and O–H groups in total. The van der Waals surface area contributed by atoms with Crippen molar-refractivity contribution in [2.75, 3.05) is 0 Å². The van der Waals surface area contributed by atoms with Crippen LogP contribution in [0.5, 0.6) is 5.75 Å². The van der Waals surface area contributed by atoms with Crippen LogP contribution in [-0.4, -0.2) is 11.8 Å². The van der Waals surface area contributed by atoms with Gasteiger partial charge in [0, 0.05) is 0 Å². The van der Waals surface area contributed by atoms with Crippen molar-refractivity contribution in [2.24, 2.45) is 0 Å². The molecule has 0 bridgehead atoms. The number of hydrogen-bond acceptors (Lipinski definition) is 4. The average Bonchev–Trinajstić information content (AvgIpc) is 2.30. The van der Waals surface area contributed by atoms with Crippen LogP contribution >= 0.6 is 0 Å². The van der Waals surface area contributed by atoms with Gasteiger partial charge in [-0.25, -0.2) is 9.18 Å². The highest BCUT2D eigenvalue weighted by molar-refractivity contribution is 5.64. The Morgan fingerprint density at radius 3 is 2.35 bits per heavy atom. The summed E-state index contributed by atoms with van der Waals surface area (Å²) in [7, 11) is 0. The zero-order chi connectivity index (χ0) is 13.1. The summed E-state index contributed by atoms with van der Waals surface area (Å²) in [5.74, 6) is -0.871. The smallest absolute Gasteiger partial charge is 0.428 e. The van der Waals surface area contributed by atoms with Crippen LogP contribution in [0.25, 0.3) is 0 Å². The molecule has 4 nitrogen and oxygen atoms in total. The lowest BCUT2D eigenvalue weighted by molar-refractivity contribution is 0.0204. The zero-order valence-electron chi connectivity index (χ0n) is 9.82. The number of carbonyl (C=O) groups is 1. The molecular formula is C12H13FO4. The van der Waals surface area contributed by atoms with E-state index in [9.17, 15) is 14.0 Å². The second kappa shape index (κ2) is 4.95. The molecule has 0 radical (unpaired) electrons. The summed E-state index contributed by atoms with van der Waals surface area (Å²) in [6.07, 6.45) is -0.999. The highest BCUT2D eigenvalue weighted by atomic mass is 19.1. The van der Waals surface area contributed by atoms with Crippen LogP contribution in [0, 0.1) is 5.82 Å². The normalized spacial score (nSPS) is 10.8. The van der Waals surface area contributed by atoms with Crippen LogP contribution in [0.3, 0.4) is 0 Å². The molecule has 0 aliphatic carbocycles. The lowest BCUT2D eigenvalue weighted by Gasteiger charge is -2.18. The van der Waals surface area contributed by atoms with Gasteiger partial charge in [-0.1, -0.05) is 0 Å². The Labute approximate surface area is 98.0 Å². The van der Waals surface area contributed by atoms with Crippen molar-refractivity contribution in [3.05, 3.63) is 40.3 Å². The molecule has 0 amide bonds. The van der Waals surface area contributed by atoms with Crippen LogP contribution in [0.2, 0.25) is 0 Å². The second-order valence-corrected chi connectivity index (χ2v) is 4.35. The van der Waals surface area contributed by atoms with Crippen LogP contribution in [0.4, 0.5) is 9.18 Å². The van der Waals surface area contributed by atoms with E-state index >= 15 is 0 Å². The molecule has 0 aromatic heterocycles. The molecule has 0 aliphatic heterocycles. The van der Waals surface area contributed by atoms with E-state index < -0.39 is 23.0 Å². The molecule has 1 aromatic carbocycles. The number of hydrogen-bond donors (Lipinski definition) is 0. The van der Waals surface area contributed by atoms with Crippen molar-refractivity contribution >= 4 is 6.16 Å². The highest BCUT2D eigenvalue weighted by Gasteiger charge is 2.18. The minimum atomic E-state index is -0.999. The maximum atomic E-state index is 12.8. The van der Waals surface area contributed by atoms with E-state index in [1.165, 1.54) is 0 Å². The standard InChI is InChI=1S/C12H13FO4/c1-12(2,3)17-11(15)16-10-7-5-8(13)4-6-9(10)14/h4-7H,1-3H3. The summed E-state index contributed by atoms with van der Waals surface area (Å²) < 4.78 is 22.4. The molecule has 17 heavy (non-hydrogen) atoms. The van der Waals surface area contributed by atoms with Crippen LogP contribution in [-0.2, 0) is 4.74 Å². The largest absolute Gasteiger partial charge is 0.514 e. The van der Waals surface area contributed by atoms with Gasteiger partial charge in [-0.05, 0) is 45.0 Å². The van der Waals surface area contributed by atoms with E-state index in [4.69, 9.17) is 9.47 Å². The van der Waals surface area contributed by atoms with Gasteiger partial charge in [-0.3, -0.25) is 4.79 Å². The third-order valence-electron chi connectivity index (χ3n) is 1.61. The Kier molecular flexibility index (Phi) is 3.83. The molecule has 1 aromatic rings. The summed E-state index contributed by atoms with van der Waals surface area (Å²) in [6.45, 7) is 4.99. The Balaban J connectivity index is 2.87. The van der Waals surface area contributed by atoms with Gasteiger partial charge in [-0.2, -0.15) is 0 Å². The Morgan fingerprint density at radius 1 is 1.18 bits per heavy atom. The fraction of sp³-hybridized carbons (Fsp3) is 0.333. The third-order valence-corrected chi connectivity index (χ3v) is 1.61. The Bertz CT molecular complexity index is 477. The summed E-state index contributed by atoms with van der Waals surface area (Å²) in [5, 5.41) is 0. The first-order valence-corrected chi connectivity index (χ1v) is 4.99. The molecule has 92 valence electrons. The summed E-state index contributed by atoms with van der Waals surface area (Å²) in [5.41, 5.74) is -1.32. The number of halogens is 1. The predicted molar refractivity (Wildman–Crippen MR) is 59.5 cm³/mol. The highest BCUT2D eigenvalue weighted by Crippen LogP contribution is 2.10. The van der Waals surface area contributed by atoms with Crippen molar-refractivity contribution in [1.82, 2.24) is 0 Å². The van der Waals surface area contributed by atoms with E-state index in [-0.39, 0.29) is 5.75 Å². The first-order valence-electron chi connectivity index (χ1n) is 4.99. The quantitative estimate of drug-likeness (QED) is 0.708. The monoisotopic (exact) mass is 240 g/mol. The molecule has 5 heteroatoms. The molecule has 0 unspecified atom stereocenters. The second-order valence-electron chi connectivity index (χ2n) is 4.35. The van der Waals surface area contributed by atoms with E-state index in [2.05, 4.69) is 0 Å². The number of ether oxygens (including phenoxy) is 2. The molecule has 0 spiro atoms. The topological polar surface area (TPSA) is 52.6 Å². The van der Waals surface area contributed by atoms with Crippen LogP contribution in [0.1, 0.15) is 20.8 Å². The zero-order valence-corrected chi connectivity index (χ0v) is 9.82. The molecule has 0 fully saturated rings. The summed E-state index contributed by atoms with van der Waals surface area (Å²) in [4.78, 5) is 22.7. The van der Waals surface area contributed by atoms with E-state index in [0.29, 0.717) is 0 Å². The van der Waals surface area contributed by atoms with Crippen molar-refractivity contribution in [3.8, 4) is 5.75 Å². The molecule has 0 atom stereocenters. The third kappa shape index (κ3) is 4.63. The minimum Gasteiger partial charge on any atom is -0.428 e. The molecule has 0 heterocycles. The van der Waals surface area contributed by atoms with Gasteiger partial charge in [0.15, 0.2) is 5.75 Å². The molecule has 0 aliphatic rings. The molecular weight excluding hydrogens is 227 g/mol. The van der Waals surface area contributed by atoms with E-state index in [1.54, 1.807) is 20.8 Å². The van der Waals surface area contributed by atoms with Crippen molar-refractivity contribution in [2.45, 2.75) is 26.4 Å². The first-order chi connectivity index (χ1) is 7.78. The Hall–Kier alpha value is -1.91. The van der Waals surface area contributed by atoms with Gasteiger partial charge in [0.2, 0.25) is 5.43 Å². The number of carbonyl (C=O) groups excluding carboxylic acids is 1. The van der Waals surface area contributed by atoms with Gasteiger partial charge >= 0.3 is 6.16 Å². The minimum absolute atomic E-state index is 0.275. The van der Waals surface area contributed by atoms with E-state index in [1.807, 2.05) is 0 Å². The fourth-order valence-corrected chi connectivity index (χ4v) is 0.975. The van der Waals surface area contributed by atoms with Gasteiger partial charge in [-0.15, -0.1) is 0 Å². The SMILES string of the molecule is CC(C)(C)OC(=O)Oc1ccc(F)ccc1=O. The van der Waals surface area contributed by atoms with E-state index in [0.717, 1.165) is 24.3 Å². The Morgan fingerprint density at radius 2 is 1.76 bits per heavy atom. The van der Waals surface area contributed by atoms with Crippen LogP contribution < -0.4 is 10.2 Å². The van der Waals surface area contributed by atoms with Crippen molar-refractivity contribution in [1.29, 1.82) is 0 Å². The molecule has 1 rings (SSSR count). The molecule has 0 saturated heterocycles. The summed E-state index contributed by atoms with van der Waals surface area (Å²) in [6, 6.07) is 4.09. The maximum absolute atomic E-state index is 12.8. The maximum Gasteiger partial charge on any atom is 0.514 e. The van der Waals surface area contributed by atoms with Crippen molar-refractivity contribution < 1.29 is 18.7 Å². The number of rotatable bonds is 1. The van der Waals surface area contributed by atoms with Gasteiger partial charge in [0.05, 0.1) is 0 Å². The lowest BCUT2D eigenvalue weighted by Crippen LogP contribution is -2.26. The van der Waals surface area contributed by atoms with Gasteiger partial charge in [0.1, 0.15) is 11.4 Å². The van der Waals surface area contributed by atoms with Crippen molar-refractivity contribution in [3.63, 3.8) is 0 Å². The first kappa shape index (κ1) is 13.2.